The highest BCUT2D eigenvalue weighted by atomic mass is 35.5. The molecule has 0 aliphatic carbocycles. The number of benzene rings is 1. The standard InChI is InChI=1S/C19H25ClN2O3S/c1-19(2,3)18-21-16(17(25-18)22-12-6-4-5-7-13-22)26(23,24)15-10-8-14(20)9-11-15/h8-11H,4-7,12-13H2,1-3H3. The number of rotatable bonds is 3. The summed E-state index contributed by atoms with van der Waals surface area (Å²) in [5.41, 5.74) is -0.381. The minimum Gasteiger partial charge on any atom is -0.423 e. The fourth-order valence-corrected chi connectivity index (χ4v) is 4.44. The molecule has 0 unspecified atom stereocenters. The van der Waals surface area contributed by atoms with Gasteiger partial charge in [0.05, 0.1) is 4.90 Å². The average molecular weight is 397 g/mol. The van der Waals surface area contributed by atoms with E-state index in [1.807, 2.05) is 25.7 Å². The average Bonchev–Trinajstić information content (AvgIpc) is 2.87. The Morgan fingerprint density at radius 1 is 1.04 bits per heavy atom. The lowest BCUT2D eigenvalue weighted by atomic mass is 9.97. The lowest BCUT2D eigenvalue weighted by Gasteiger charge is -2.20. The highest BCUT2D eigenvalue weighted by Gasteiger charge is 2.34. The van der Waals surface area contributed by atoms with E-state index in [9.17, 15) is 8.42 Å². The Labute approximate surface area is 160 Å². The first-order valence-electron chi connectivity index (χ1n) is 8.96. The zero-order chi connectivity index (χ0) is 18.9. The molecule has 142 valence electrons. The number of aromatic nitrogens is 1. The summed E-state index contributed by atoms with van der Waals surface area (Å²) in [5.74, 6) is 0.802. The second-order valence-corrected chi connectivity index (χ2v) is 10.0. The van der Waals surface area contributed by atoms with Crippen LogP contribution in [0.15, 0.2) is 38.6 Å². The SMILES string of the molecule is CC(C)(C)c1nc(S(=O)(=O)c2ccc(Cl)cc2)c(N2CCCCCC2)o1. The molecule has 1 aliphatic heterocycles. The molecule has 0 amide bonds. The molecule has 0 bridgehead atoms. The van der Waals surface area contributed by atoms with Gasteiger partial charge in [-0.25, -0.2) is 8.42 Å². The van der Waals surface area contributed by atoms with Crippen molar-refractivity contribution >= 4 is 27.3 Å². The summed E-state index contributed by atoms with van der Waals surface area (Å²) in [6.45, 7) is 7.45. The Bertz CT molecular complexity index is 859. The van der Waals surface area contributed by atoms with E-state index in [1.54, 1.807) is 12.1 Å². The van der Waals surface area contributed by atoms with Gasteiger partial charge in [-0.15, -0.1) is 0 Å². The van der Waals surface area contributed by atoms with Crippen LogP contribution in [0.25, 0.3) is 0 Å². The van der Waals surface area contributed by atoms with E-state index in [0.717, 1.165) is 38.8 Å². The van der Waals surface area contributed by atoms with Crippen molar-refractivity contribution in [3.8, 4) is 0 Å². The Kier molecular flexibility index (Phi) is 5.35. The highest BCUT2D eigenvalue weighted by Crippen LogP contribution is 2.36. The topological polar surface area (TPSA) is 63.4 Å². The Hall–Kier alpha value is -1.53. The fourth-order valence-electron chi connectivity index (χ4n) is 2.99. The van der Waals surface area contributed by atoms with Crippen LogP contribution in [0, 0.1) is 0 Å². The Morgan fingerprint density at radius 2 is 1.62 bits per heavy atom. The van der Waals surface area contributed by atoms with Crippen LogP contribution in [-0.2, 0) is 15.3 Å². The summed E-state index contributed by atoms with van der Waals surface area (Å²) in [6.07, 6.45) is 4.34. The van der Waals surface area contributed by atoms with Gasteiger partial charge in [0.15, 0.2) is 0 Å². The number of sulfone groups is 1. The molecule has 1 aromatic heterocycles. The Balaban J connectivity index is 2.12. The first-order chi connectivity index (χ1) is 12.2. The third-order valence-electron chi connectivity index (χ3n) is 4.49. The molecule has 0 radical (unpaired) electrons. The van der Waals surface area contributed by atoms with Gasteiger partial charge < -0.3 is 9.32 Å². The molecule has 1 saturated heterocycles. The first-order valence-corrected chi connectivity index (χ1v) is 10.8. The number of oxazole rings is 1. The summed E-state index contributed by atoms with van der Waals surface area (Å²) in [7, 11) is -3.79. The van der Waals surface area contributed by atoms with Crippen LogP contribution >= 0.6 is 11.6 Å². The number of anilines is 1. The van der Waals surface area contributed by atoms with Crippen LogP contribution in [-0.4, -0.2) is 26.5 Å². The predicted molar refractivity (Wildman–Crippen MR) is 103 cm³/mol. The zero-order valence-electron chi connectivity index (χ0n) is 15.5. The summed E-state index contributed by atoms with van der Waals surface area (Å²) < 4.78 is 32.5. The molecular weight excluding hydrogens is 372 g/mol. The quantitative estimate of drug-likeness (QED) is 0.742. The number of nitrogens with zero attached hydrogens (tertiary/aromatic N) is 2. The van der Waals surface area contributed by atoms with Crippen LogP contribution in [0.2, 0.25) is 5.02 Å². The molecule has 0 spiro atoms. The van der Waals surface area contributed by atoms with Crippen molar-refractivity contribution in [2.45, 2.75) is 61.8 Å². The third kappa shape index (κ3) is 3.91. The molecule has 1 fully saturated rings. The molecule has 0 atom stereocenters. The zero-order valence-corrected chi connectivity index (χ0v) is 17.0. The van der Waals surface area contributed by atoms with Crippen molar-refractivity contribution in [3.63, 3.8) is 0 Å². The van der Waals surface area contributed by atoms with Gasteiger partial charge in [0, 0.05) is 23.5 Å². The van der Waals surface area contributed by atoms with Gasteiger partial charge in [-0.05, 0) is 37.1 Å². The van der Waals surface area contributed by atoms with Crippen molar-refractivity contribution in [3.05, 3.63) is 35.2 Å². The van der Waals surface area contributed by atoms with Crippen molar-refractivity contribution in [2.75, 3.05) is 18.0 Å². The molecular formula is C19H25ClN2O3S. The molecule has 3 rings (SSSR count). The maximum Gasteiger partial charge on any atom is 0.236 e. The molecule has 26 heavy (non-hydrogen) atoms. The van der Waals surface area contributed by atoms with Crippen LogP contribution in [0.5, 0.6) is 0 Å². The van der Waals surface area contributed by atoms with Gasteiger partial charge in [0.25, 0.3) is 0 Å². The van der Waals surface area contributed by atoms with Gasteiger partial charge >= 0.3 is 0 Å². The van der Waals surface area contributed by atoms with Crippen LogP contribution in [0.3, 0.4) is 0 Å². The molecule has 7 heteroatoms. The second-order valence-electron chi connectivity index (χ2n) is 7.74. The van der Waals surface area contributed by atoms with Gasteiger partial charge in [0.2, 0.25) is 26.6 Å². The van der Waals surface area contributed by atoms with Crippen molar-refractivity contribution in [1.82, 2.24) is 4.98 Å². The molecule has 0 saturated carbocycles. The minimum absolute atomic E-state index is 0.00616. The minimum atomic E-state index is -3.79. The lowest BCUT2D eigenvalue weighted by Crippen LogP contribution is -2.25. The van der Waals surface area contributed by atoms with Gasteiger partial charge in [0.1, 0.15) is 0 Å². The Morgan fingerprint density at radius 3 is 2.15 bits per heavy atom. The summed E-state index contributed by atoms with van der Waals surface area (Å²) in [4.78, 5) is 6.63. The van der Waals surface area contributed by atoms with Crippen LogP contribution < -0.4 is 4.90 Å². The smallest absolute Gasteiger partial charge is 0.236 e. The van der Waals surface area contributed by atoms with Gasteiger partial charge in [-0.2, -0.15) is 4.98 Å². The van der Waals surface area contributed by atoms with E-state index in [-0.39, 0.29) is 15.3 Å². The summed E-state index contributed by atoms with van der Waals surface area (Å²) in [5, 5.41) is 0.499. The molecule has 0 N–H and O–H groups in total. The molecule has 5 nitrogen and oxygen atoms in total. The molecule has 1 aromatic carbocycles. The van der Waals surface area contributed by atoms with E-state index >= 15 is 0 Å². The number of hydrogen-bond donors (Lipinski definition) is 0. The molecule has 2 aromatic rings. The summed E-state index contributed by atoms with van der Waals surface area (Å²) >= 11 is 5.91. The lowest BCUT2D eigenvalue weighted by molar-refractivity contribution is 0.391. The second kappa shape index (κ2) is 7.24. The van der Waals surface area contributed by atoms with Gasteiger partial charge in [-0.1, -0.05) is 45.2 Å². The van der Waals surface area contributed by atoms with Crippen LogP contribution in [0.1, 0.15) is 52.3 Å². The highest BCUT2D eigenvalue weighted by molar-refractivity contribution is 7.91. The number of hydrogen-bond acceptors (Lipinski definition) is 5. The van der Waals surface area contributed by atoms with Crippen molar-refractivity contribution < 1.29 is 12.8 Å². The normalized spacial score (nSPS) is 16.5. The maximum absolute atomic E-state index is 13.2. The van der Waals surface area contributed by atoms with Crippen LogP contribution in [0.4, 0.5) is 5.88 Å². The van der Waals surface area contributed by atoms with E-state index < -0.39 is 9.84 Å². The fraction of sp³-hybridized carbons (Fsp3) is 0.526. The predicted octanol–water partition coefficient (Wildman–Crippen LogP) is 4.84. The largest absolute Gasteiger partial charge is 0.423 e. The first kappa shape index (κ1) is 19.2. The van der Waals surface area contributed by atoms with E-state index in [0.29, 0.717) is 16.8 Å². The van der Waals surface area contributed by atoms with Crippen molar-refractivity contribution in [2.24, 2.45) is 0 Å². The van der Waals surface area contributed by atoms with E-state index in [2.05, 4.69) is 4.98 Å². The monoisotopic (exact) mass is 396 g/mol. The maximum atomic E-state index is 13.2. The number of halogens is 1. The van der Waals surface area contributed by atoms with E-state index in [4.69, 9.17) is 16.0 Å². The molecule has 2 heterocycles. The third-order valence-corrected chi connectivity index (χ3v) is 6.41. The van der Waals surface area contributed by atoms with E-state index in [1.165, 1.54) is 12.1 Å². The van der Waals surface area contributed by atoms with Crippen molar-refractivity contribution in [1.29, 1.82) is 0 Å². The van der Waals surface area contributed by atoms with Gasteiger partial charge in [-0.3, -0.25) is 0 Å². The summed E-state index contributed by atoms with van der Waals surface area (Å²) in [6, 6.07) is 6.17. The molecule has 1 aliphatic rings.